The number of urea groups is 1. The summed E-state index contributed by atoms with van der Waals surface area (Å²) < 4.78 is 0. The molecule has 0 unspecified atom stereocenters. The zero-order valence-electron chi connectivity index (χ0n) is 24.8. The molecule has 1 aromatic heterocycles. The fraction of sp³-hybridized carbons (Fsp3) is 0.242. The maximum Gasteiger partial charge on any atom is 0.323 e. The van der Waals surface area contributed by atoms with E-state index in [0.717, 1.165) is 11.1 Å². The maximum atomic E-state index is 13.2. The topological polar surface area (TPSA) is 132 Å². The second kappa shape index (κ2) is 12.6. The summed E-state index contributed by atoms with van der Waals surface area (Å²) in [5.41, 5.74) is 4.92. The Morgan fingerprint density at radius 3 is 2.02 bits per heavy atom. The first-order valence-corrected chi connectivity index (χ1v) is 13.8. The first-order valence-electron chi connectivity index (χ1n) is 13.8. The zero-order valence-corrected chi connectivity index (χ0v) is 24.8. The molecule has 3 aromatic carbocycles. The summed E-state index contributed by atoms with van der Waals surface area (Å²) in [5, 5.41) is 20.8. The Hall–Kier alpha value is -5.05. The highest BCUT2D eigenvalue weighted by Gasteiger charge is 2.21. The van der Waals surface area contributed by atoms with Gasteiger partial charge in [-0.05, 0) is 73.7 Å². The van der Waals surface area contributed by atoms with E-state index >= 15 is 0 Å². The molecule has 0 radical (unpaired) electrons. The molecule has 42 heavy (non-hydrogen) atoms. The van der Waals surface area contributed by atoms with Crippen molar-refractivity contribution in [2.75, 3.05) is 21.3 Å². The molecule has 216 valence electrons. The Morgan fingerprint density at radius 2 is 1.40 bits per heavy atom. The number of amides is 3. The average molecular weight is 564 g/mol. The highest BCUT2D eigenvalue weighted by molar-refractivity contribution is 6.18. The van der Waals surface area contributed by atoms with Gasteiger partial charge in [0, 0.05) is 28.5 Å². The van der Waals surface area contributed by atoms with Crippen LogP contribution in [-0.4, -0.2) is 33.7 Å². The van der Waals surface area contributed by atoms with Gasteiger partial charge in [0.2, 0.25) is 0 Å². The number of nitrogens with zero attached hydrogens (tertiary/aromatic N) is 2. The number of aryl methyl sites for hydroxylation is 1. The summed E-state index contributed by atoms with van der Waals surface area (Å²) in [4.78, 5) is 34.4. The summed E-state index contributed by atoms with van der Waals surface area (Å²) in [6.07, 6.45) is 1.36. The SMILES string of the molecule is Cc1cccc(NC(=O)Nc2ccc(C(=N)c3c(NC(=O)c4ccc(C(C)(C)C)cc4)ncnc3NC(C)C)cc2)c1. The van der Waals surface area contributed by atoms with Crippen LogP contribution >= 0.6 is 0 Å². The van der Waals surface area contributed by atoms with E-state index < -0.39 is 0 Å². The molecule has 4 rings (SSSR count). The fourth-order valence-corrected chi connectivity index (χ4v) is 4.28. The fourth-order valence-electron chi connectivity index (χ4n) is 4.28. The number of hydrogen-bond acceptors (Lipinski definition) is 6. The molecule has 0 aliphatic carbocycles. The van der Waals surface area contributed by atoms with Gasteiger partial charge < -0.3 is 21.3 Å². The van der Waals surface area contributed by atoms with Crippen LogP contribution < -0.4 is 21.3 Å². The maximum absolute atomic E-state index is 13.2. The third-order valence-electron chi connectivity index (χ3n) is 6.48. The Morgan fingerprint density at radius 1 is 0.786 bits per heavy atom. The van der Waals surface area contributed by atoms with Gasteiger partial charge in [0.1, 0.15) is 18.0 Å². The second-order valence-electron chi connectivity index (χ2n) is 11.4. The van der Waals surface area contributed by atoms with Gasteiger partial charge in [0.05, 0.1) is 11.3 Å². The van der Waals surface area contributed by atoms with E-state index in [9.17, 15) is 9.59 Å². The molecule has 0 saturated heterocycles. The van der Waals surface area contributed by atoms with Crippen LogP contribution in [0.5, 0.6) is 0 Å². The van der Waals surface area contributed by atoms with Crippen molar-refractivity contribution in [2.24, 2.45) is 0 Å². The molecule has 9 heteroatoms. The lowest BCUT2D eigenvalue weighted by Gasteiger charge is -2.19. The van der Waals surface area contributed by atoms with E-state index in [1.165, 1.54) is 6.33 Å². The summed E-state index contributed by atoms with van der Waals surface area (Å²) in [6.45, 7) is 12.2. The molecule has 1 heterocycles. The number of carbonyl (C=O) groups excluding carboxylic acids is 2. The molecule has 4 aromatic rings. The van der Waals surface area contributed by atoms with E-state index in [2.05, 4.69) is 52.0 Å². The molecule has 0 fully saturated rings. The summed E-state index contributed by atoms with van der Waals surface area (Å²) in [7, 11) is 0. The van der Waals surface area contributed by atoms with Crippen molar-refractivity contribution in [1.82, 2.24) is 9.97 Å². The highest BCUT2D eigenvalue weighted by Crippen LogP contribution is 2.27. The van der Waals surface area contributed by atoms with Crippen molar-refractivity contribution in [2.45, 2.75) is 53.0 Å². The van der Waals surface area contributed by atoms with E-state index in [-0.39, 0.29) is 34.9 Å². The normalized spacial score (nSPS) is 11.1. The largest absolute Gasteiger partial charge is 0.367 e. The van der Waals surface area contributed by atoms with Crippen molar-refractivity contribution in [3.8, 4) is 0 Å². The lowest BCUT2D eigenvalue weighted by Crippen LogP contribution is -2.21. The molecular formula is C33H37N7O2. The number of hydrogen-bond donors (Lipinski definition) is 5. The van der Waals surface area contributed by atoms with Crippen molar-refractivity contribution >= 4 is 40.7 Å². The van der Waals surface area contributed by atoms with Crippen LogP contribution in [0.4, 0.5) is 27.8 Å². The minimum absolute atomic E-state index is 0.0263. The molecule has 0 atom stereocenters. The number of nitrogens with one attached hydrogen (secondary N) is 5. The van der Waals surface area contributed by atoms with Gasteiger partial charge >= 0.3 is 6.03 Å². The predicted octanol–water partition coefficient (Wildman–Crippen LogP) is 7.22. The molecule has 0 bridgehead atoms. The van der Waals surface area contributed by atoms with Crippen molar-refractivity contribution in [3.63, 3.8) is 0 Å². The van der Waals surface area contributed by atoms with Crippen molar-refractivity contribution in [1.29, 1.82) is 5.41 Å². The Kier molecular flexibility index (Phi) is 9.00. The molecule has 0 aliphatic rings. The van der Waals surface area contributed by atoms with Gasteiger partial charge in [-0.3, -0.25) is 10.2 Å². The van der Waals surface area contributed by atoms with E-state index in [0.29, 0.717) is 33.9 Å². The molecule has 3 amide bonds. The second-order valence-corrected chi connectivity index (χ2v) is 11.4. The van der Waals surface area contributed by atoms with Crippen LogP contribution in [0, 0.1) is 12.3 Å². The Labute approximate surface area is 246 Å². The smallest absolute Gasteiger partial charge is 0.323 e. The molecule has 9 nitrogen and oxygen atoms in total. The zero-order chi connectivity index (χ0) is 30.4. The van der Waals surface area contributed by atoms with Gasteiger partial charge in [-0.2, -0.15) is 0 Å². The molecule has 0 aliphatic heterocycles. The predicted molar refractivity (Wildman–Crippen MR) is 170 cm³/mol. The number of carbonyl (C=O) groups is 2. The van der Waals surface area contributed by atoms with Gasteiger partial charge in [-0.15, -0.1) is 0 Å². The average Bonchev–Trinajstić information content (AvgIpc) is 2.92. The molecule has 0 spiro atoms. The van der Waals surface area contributed by atoms with Gasteiger partial charge in [-0.1, -0.05) is 57.2 Å². The third-order valence-corrected chi connectivity index (χ3v) is 6.48. The number of rotatable bonds is 8. The van der Waals surface area contributed by atoms with E-state index in [1.54, 1.807) is 36.4 Å². The minimum atomic E-state index is -0.371. The number of aromatic nitrogens is 2. The van der Waals surface area contributed by atoms with Crippen LogP contribution in [0.2, 0.25) is 0 Å². The first kappa shape index (κ1) is 29.9. The molecular weight excluding hydrogens is 526 g/mol. The lowest BCUT2D eigenvalue weighted by atomic mass is 9.87. The summed E-state index contributed by atoms with van der Waals surface area (Å²) >= 11 is 0. The number of anilines is 4. The van der Waals surface area contributed by atoms with Gasteiger partial charge in [0.15, 0.2) is 0 Å². The molecule has 5 N–H and O–H groups in total. The van der Waals surface area contributed by atoms with Crippen LogP contribution in [0.25, 0.3) is 0 Å². The Balaban J connectivity index is 1.55. The standard InChI is InChI=1S/C33H37N7O2/c1-20(2)37-29-27(30(36-19-35-29)40-31(41)23-10-14-24(15-11-23)33(4,5)6)28(34)22-12-16-25(17-13-22)38-32(42)39-26-9-7-8-21(3)18-26/h7-20,34H,1-6H3,(H2,38,39,42)(H2,35,36,37,40,41). The Bertz CT molecular complexity index is 1590. The highest BCUT2D eigenvalue weighted by atomic mass is 16.2. The van der Waals surface area contributed by atoms with E-state index in [4.69, 9.17) is 5.41 Å². The van der Waals surface area contributed by atoms with Gasteiger partial charge in [-0.25, -0.2) is 14.8 Å². The quantitative estimate of drug-likeness (QED) is 0.144. The van der Waals surface area contributed by atoms with Crippen LogP contribution in [0.15, 0.2) is 79.1 Å². The van der Waals surface area contributed by atoms with Gasteiger partial charge in [0.25, 0.3) is 5.91 Å². The van der Waals surface area contributed by atoms with Crippen LogP contribution in [0.1, 0.15) is 67.2 Å². The summed E-state index contributed by atoms with van der Waals surface area (Å²) in [6, 6.07) is 21.5. The third kappa shape index (κ3) is 7.57. The molecule has 0 saturated carbocycles. The summed E-state index contributed by atoms with van der Waals surface area (Å²) in [5.74, 6) is 0.323. The minimum Gasteiger partial charge on any atom is -0.367 e. The van der Waals surface area contributed by atoms with Crippen LogP contribution in [-0.2, 0) is 5.41 Å². The van der Waals surface area contributed by atoms with E-state index in [1.807, 2.05) is 57.2 Å². The van der Waals surface area contributed by atoms with Crippen molar-refractivity contribution < 1.29 is 9.59 Å². The van der Waals surface area contributed by atoms with Crippen LogP contribution in [0.3, 0.4) is 0 Å². The monoisotopic (exact) mass is 563 g/mol. The lowest BCUT2D eigenvalue weighted by molar-refractivity contribution is 0.102. The number of benzene rings is 3. The van der Waals surface area contributed by atoms with Crippen molar-refractivity contribution in [3.05, 3.63) is 107 Å². The first-order chi connectivity index (χ1) is 19.9.